The summed E-state index contributed by atoms with van der Waals surface area (Å²) in [6, 6.07) is 18.8. The van der Waals surface area contributed by atoms with Gasteiger partial charge in [0.15, 0.2) is 5.96 Å². The monoisotopic (exact) mass is 378 g/mol. The summed E-state index contributed by atoms with van der Waals surface area (Å²) in [5.41, 5.74) is 3.56. The maximum absolute atomic E-state index is 12.0. The highest BCUT2D eigenvalue weighted by Gasteiger charge is 2.20. The van der Waals surface area contributed by atoms with Crippen LogP contribution in [-0.2, 0) is 17.9 Å². The highest BCUT2D eigenvalue weighted by Crippen LogP contribution is 2.18. The first kappa shape index (κ1) is 19.9. The van der Waals surface area contributed by atoms with E-state index in [1.54, 1.807) is 0 Å². The van der Waals surface area contributed by atoms with Crippen LogP contribution >= 0.6 is 0 Å². The zero-order valence-corrected chi connectivity index (χ0v) is 16.8. The van der Waals surface area contributed by atoms with Crippen LogP contribution in [0.1, 0.15) is 49.4 Å². The molecule has 148 valence electrons. The molecule has 1 saturated heterocycles. The lowest BCUT2D eigenvalue weighted by molar-refractivity contribution is -0.128. The third-order valence-corrected chi connectivity index (χ3v) is 5.06. The van der Waals surface area contributed by atoms with Crippen molar-refractivity contribution in [1.29, 1.82) is 0 Å². The van der Waals surface area contributed by atoms with Gasteiger partial charge in [-0.15, -0.1) is 0 Å². The van der Waals surface area contributed by atoms with Gasteiger partial charge >= 0.3 is 0 Å². The predicted molar refractivity (Wildman–Crippen MR) is 114 cm³/mol. The molecule has 0 radical (unpaired) electrons. The second-order valence-corrected chi connectivity index (χ2v) is 7.16. The molecular formula is C23H30N4O. The van der Waals surface area contributed by atoms with Crippen LogP contribution in [0.3, 0.4) is 0 Å². The van der Waals surface area contributed by atoms with Gasteiger partial charge in [0.05, 0.1) is 12.6 Å². The topological polar surface area (TPSA) is 56.7 Å². The van der Waals surface area contributed by atoms with E-state index in [9.17, 15) is 4.79 Å². The Morgan fingerprint density at radius 3 is 2.50 bits per heavy atom. The number of hydrogen-bond acceptors (Lipinski definition) is 2. The van der Waals surface area contributed by atoms with Gasteiger partial charge in [0.2, 0.25) is 5.91 Å². The van der Waals surface area contributed by atoms with Crippen molar-refractivity contribution >= 4 is 11.9 Å². The number of nitrogens with zero attached hydrogens (tertiary/aromatic N) is 2. The van der Waals surface area contributed by atoms with E-state index in [0.29, 0.717) is 19.5 Å². The fraction of sp³-hybridized carbons (Fsp3) is 0.391. The summed E-state index contributed by atoms with van der Waals surface area (Å²) in [6.07, 6.45) is 1.64. The lowest BCUT2D eigenvalue weighted by Gasteiger charge is -2.19. The zero-order valence-electron chi connectivity index (χ0n) is 16.8. The lowest BCUT2D eigenvalue weighted by Crippen LogP contribution is -2.38. The Bertz CT molecular complexity index is 803. The number of aliphatic imine (C=N–C) groups is 1. The minimum Gasteiger partial charge on any atom is -0.357 e. The van der Waals surface area contributed by atoms with Gasteiger partial charge in [0, 0.05) is 26.1 Å². The van der Waals surface area contributed by atoms with E-state index >= 15 is 0 Å². The molecule has 0 aromatic heterocycles. The van der Waals surface area contributed by atoms with Gasteiger partial charge in [-0.25, -0.2) is 4.99 Å². The first-order valence-corrected chi connectivity index (χ1v) is 10.1. The molecule has 2 aromatic rings. The number of rotatable bonds is 7. The fourth-order valence-electron chi connectivity index (χ4n) is 3.46. The normalized spacial score (nSPS) is 15.6. The average molecular weight is 379 g/mol. The minimum absolute atomic E-state index is 0.163. The van der Waals surface area contributed by atoms with Gasteiger partial charge in [-0.1, -0.05) is 54.6 Å². The third-order valence-electron chi connectivity index (χ3n) is 5.06. The molecule has 5 nitrogen and oxygen atoms in total. The number of benzene rings is 2. The van der Waals surface area contributed by atoms with Crippen molar-refractivity contribution in [2.75, 3.05) is 13.1 Å². The van der Waals surface area contributed by atoms with Gasteiger partial charge in [0.1, 0.15) is 0 Å². The second kappa shape index (κ2) is 9.93. The molecule has 1 aliphatic heterocycles. The quantitative estimate of drug-likeness (QED) is 0.571. The number of carbonyl (C=O) groups excluding carboxylic acids is 1. The molecule has 3 rings (SSSR count). The van der Waals surface area contributed by atoms with Crippen LogP contribution in [0.25, 0.3) is 0 Å². The molecule has 2 N–H and O–H groups in total. The average Bonchev–Trinajstić information content (AvgIpc) is 3.12. The number of carbonyl (C=O) groups is 1. The number of amides is 1. The Kier molecular flexibility index (Phi) is 7.06. The molecule has 1 aliphatic rings. The van der Waals surface area contributed by atoms with Gasteiger partial charge in [-0.3, -0.25) is 4.79 Å². The molecule has 28 heavy (non-hydrogen) atoms. The molecule has 0 saturated carbocycles. The largest absolute Gasteiger partial charge is 0.357 e. The van der Waals surface area contributed by atoms with E-state index in [-0.39, 0.29) is 11.9 Å². The molecule has 1 fully saturated rings. The molecule has 1 unspecified atom stereocenters. The first-order chi connectivity index (χ1) is 13.7. The Balaban J connectivity index is 1.70. The fourth-order valence-corrected chi connectivity index (χ4v) is 3.46. The van der Waals surface area contributed by atoms with Crippen molar-refractivity contribution < 1.29 is 4.79 Å². The molecule has 0 aliphatic carbocycles. The predicted octanol–water partition coefficient (Wildman–Crippen LogP) is 3.63. The maximum atomic E-state index is 12.0. The van der Waals surface area contributed by atoms with Crippen LogP contribution in [0.15, 0.2) is 59.6 Å². The maximum Gasteiger partial charge on any atom is 0.222 e. The van der Waals surface area contributed by atoms with E-state index in [1.807, 2.05) is 35.2 Å². The summed E-state index contributed by atoms with van der Waals surface area (Å²) in [4.78, 5) is 18.7. The third kappa shape index (κ3) is 5.35. The van der Waals surface area contributed by atoms with Gasteiger partial charge in [-0.05, 0) is 37.0 Å². The summed E-state index contributed by atoms with van der Waals surface area (Å²) in [5, 5.41) is 6.81. The Morgan fingerprint density at radius 1 is 1.11 bits per heavy atom. The van der Waals surface area contributed by atoms with Crippen LogP contribution < -0.4 is 10.6 Å². The van der Waals surface area contributed by atoms with E-state index in [0.717, 1.165) is 31.0 Å². The van der Waals surface area contributed by atoms with E-state index in [2.05, 4.69) is 48.7 Å². The van der Waals surface area contributed by atoms with Gasteiger partial charge in [0.25, 0.3) is 0 Å². The number of nitrogens with one attached hydrogen (secondary N) is 2. The molecule has 0 spiro atoms. The highest BCUT2D eigenvalue weighted by atomic mass is 16.2. The van der Waals surface area contributed by atoms with E-state index < -0.39 is 0 Å². The molecule has 5 heteroatoms. The smallest absolute Gasteiger partial charge is 0.222 e. The van der Waals surface area contributed by atoms with E-state index in [4.69, 9.17) is 4.99 Å². The minimum atomic E-state index is 0.163. The zero-order chi connectivity index (χ0) is 19.8. The second-order valence-electron chi connectivity index (χ2n) is 7.16. The lowest BCUT2D eigenvalue weighted by atomic mass is 10.1. The van der Waals surface area contributed by atoms with E-state index in [1.165, 1.54) is 11.1 Å². The highest BCUT2D eigenvalue weighted by molar-refractivity contribution is 5.80. The Hall–Kier alpha value is -2.82. The molecule has 1 amide bonds. The summed E-state index contributed by atoms with van der Waals surface area (Å²) < 4.78 is 0. The van der Waals surface area contributed by atoms with Crippen molar-refractivity contribution in [3.63, 3.8) is 0 Å². The molecule has 1 atom stereocenters. The molecule has 2 aromatic carbocycles. The summed E-state index contributed by atoms with van der Waals surface area (Å²) in [6.45, 7) is 7.11. The Labute approximate surface area is 167 Å². The van der Waals surface area contributed by atoms with Crippen molar-refractivity contribution in [2.45, 2.75) is 45.8 Å². The molecule has 0 bridgehead atoms. The van der Waals surface area contributed by atoms with Crippen LogP contribution in [-0.4, -0.2) is 29.9 Å². The van der Waals surface area contributed by atoms with Crippen molar-refractivity contribution in [3.8, 4) is 0 Å². The van der Waals surface area contributed by atoms with Crippen LogP contribution in [0, 0.1) is 0 Å². The van der Waals surface area contributed by atoms with Gasteiger partial charge in [-0.2, -0.15) is 0 Å². The number of likely N-dealkylation sites (tertiary alicyclic amines) is 1. The summed E-state index contributed by atoms with van der Waals surface area (Å²) >= 11 is 0. The Morgan fingerprint density at radius 2 is 1.82 bits per heavy atom. The molecule has 1 heterocycles. The summed E-state index contributed by atoms with van der Waals surface area (Å²) in [7, 11) is 0. The van der Waals surface area contributed by atoms with Crippen LogP contribution in [0.2, 0.25) is 0 Å². The molecular weight excluding hydrogens is 348 g/mol. The number of guanidine groups is 1. The van der Waals surface area contributed by atoms with Crippen LogP contribution in [0.4, 0.5) is 0 Å². The standard InChI is InChI=1S/C23H30N4O/c1-3-24-23(26-18(2)19-10-5-4-6-11-19)25-16-20-12-7-8-13-21(20)17-27-15-9-14-22(27)28/h4-8,10-13,18H,3,9,14-17H2,1-2H3,(H2,24,25,26). The van der Waals surface area contributed by atoms with Crippen molar-refractivity contribution in [1.82, 2.24) is 15.5 Å². The van der Waals surface area contributed by atoms with Gasteiger partial charge < -0.3 is 15.5 Å². The van der Waals surface area contributed by atoms with Crippen LogP contribution in [0.5, 0.6) is 0 Å². The summed E-state index contributed by atoms with van der Waals surface area (Å²) in [5.74, 6) is 1.05. The number of hydrogen-bond donors (Lipinski definition) is 2. The first-order valence-electron chi connectivity index (χ1n) is 10.1. The van der Waals surface area contributed by atoms with Crippen molar-refractivity contribution in [2.24, 2.45) is 4.99 Å². The SMILES string of the molecule is CCNC(=NCc1ccccc1CN1CCCC1=O)NC(C)c1ccccc1. The van der Waals surface area contributed by atoms with Crippen molar-refractivity contribution in [3.05, 3.63) is 71.3 Å².